The summed E-state index contributed by atoms with van der Waals surface area (Å²) in [5.74, 6) is 1.33. The van der Waals surface area contributed by atoms with Crippen LogP contribution in [0.15, 0.2) is 23.2 Å². The Morgan fingerprint density at radius 3 is 2.69 bits per heavy atom. The van der Waals surface area contributed by atoms with Gasteiger partial charge in [-0.1, -0.05) is 5.92 Å². The summed E-state index contributed by atoms with van der Waals surface area (Å²) in [6.45, 7) is 0.00177. The molecule has 0 radical (unpaired) electrons. The molecule has 82 valence electrons. The molecule has 0 atom stereocenters. The van der Waals surface area contributed by atoms with Gasteiger partial charge in [-0.2, -0.15) is 0 Å². The lowest BCUT2D eigenvalue weighted by Gasteiger charge is -2.05. The predicted molar refractivity (Wildman–Crippen MR) is 61.1 cm³/mol. The fourth-order valence-electron chi connectivity index (χ4n) is 1.22. The van der Waals surface area contributed by atoms with Crippen LogP contribution < -0.4 is 11.5 Å². The summed E-state index contributed by atoms with van der Waals surface area (Å²) in [4.78, 5) is 14.7. The summed E-state index contributed by atoms with van der Waals surface area (Å²) in [5, 5.41) is 8.99. The molecule has 0 saturated carbocycles. The molecule has 0 fully saturated rings. The highest BCUT2D eigenvalue weighted by Gasteiger charge is 2.13. The lowest BCUT2D eigenvalue weighted by atomic mass is 10.0. The minimum atomic E-state index is -1.11. The fourth-order valence-corrected chi connectivity index (χ4v) is 1.22. The van der Waals surface area contributed by atoms with Gasteiger partial charge in [0.05, 0.1) is 12.2 Å². The van der Waals surface area contributed by atoms with Crippen LogP contribution in [0.1, 0.15) is 21.5 Å². The van der Waals surface area contributed by atoms with E-state index in [1.165, 1.54) is 12.1 Å². The van der Waals surface area contributed by atoms with Gasteiger partial charge in [-0.3, -0.25) is 4.99 Å². The molecule has 0 aliphatic heterocycles. The van der Waals surface area contributed by atoms with Crippen LogP contribution in [-0.4, -0.2) is 23.6 Å². The molecule has 5 heteroatoms. The molecule has 0 aromatic heterocycles. The number of carbonyl (C=O) groups is 1. The van der Waals surface area contributed by atoms with Crippen LogP contribution in [0.5, 0.6) is 0 Å². The van der Waals surface area contributed by atoms with Crippen LogP contribution in [0.3, 0.4) is 0 Å². The van der Waals surface area contributed by atoms with Gasteiger partial charge in [-0.05, 0) is 18.2 Å². The second-order valence-electron chi connectivity index (χ2n) is 2.94. The zero-order valence-corrected chi connectivity index (χ0v) is 8.47. The zero-order valence-electron chi connectivity index (χ0n) is 8.47. The molecule has 0 spiro atoms. The van der Waals surface area contributed by atoms with Crippen LogP contribution in [-0.2, 0) is 0 Å². The standard InChI is InChI=1S/C11H11N3O2/c1-2-7-3-4-8(10(13)14-6-12)9(5-7)11(15)16/h1,3-5H,6,12H2,(H2,13,14)(H,15,16). The number of benzene rings is 1. The Labute approximate surface area is 92.8 Å². The lowest BCUT2D eigenvalue weighted by Crippen LogP contribution is -2.19. The Hall–Kier alpha value is -2.32. The summed E-state index contributed by atoms with van der Waals surface area (Å²) in [7, 11) is 0. The molecule has 0 heterocycles. The van der Waals surface area contributed by atoms with Crippen LogP contribution >= 0.6 is 0 Å². The predicted octanol–water partition coefficient (Wildman–Crippen LogP) is -0.0124. The fraction of sp³-hybridized carbons (Fsp3) is 0.0909. The van der Waals surface area contributed by atoms with Gasteiger partial charge >= 0.3 is 5.97 Å². The third-order valence-corrected chi connectivity index (χ3v) is 1.95. The topological polar surface area (TPSA) is 102 Å². The van der Waals surface area contributed by atoms with Crippen LogP contribution in [0.4, 0.5) is 0 Å². The number of terminal acetylenes is 1. The van der Waals surface area contributed by atoms with E-state index >= 15 is 0 Å². The normalized spacial score (nSPS) is 10.9. The average molecular weight is 217 g/mol. The molecule has 0 bridgehead atoms. The molecule has 5 N–H and O–H groups in total. The zero-order chi connectivity index (χ0) is 12.1. The second kappa shape index (κ2) is 4.96. The highest BCUT2D eigenvalue weighted by molar-refractivity contribution is 6.06. The van der Waals surface area contributed by atoms with E-state index in [0.29, 0.717) is 11.1 Å². The molecule has 5 nitrogen and oxygen atoms in total. The first kappa shape index (κ1) is 11.8. The number of hydrogen-bond acceptors (Lipinski definition) is 3. The molecule has 0 amide bonds. The number of aliphatic imine (C=N–C) groups is 1. The van der Waals surface area contributed by atoms with E-state index in [4.69, 9.17) is 23.0 Å². The van der Waals surface area contributed by atoms with E-state index in [9.17, 15) is 4.79 Å². The summed E-state index contributed by atoms with van der Waals surface area (Å²) < 4.78 is 0. The largest absolute Gasteiger partial charge is 0.478 e. The van der Waals surface area contributed by atoms with Gasteiger partial charge in [-0.15, -0.1) is 6.42 Å². The smallest absolute Gasteiger partial charge is 0.336 e. The van der Waals surface area contributed by atoms with E-state index < -0.39 is 5.97 Å². The first-order valence-electron chi connectivity index (χ1n) is 4.44. The Morgan fingerprint density at radius 1 is 1.50 bits per heavy atom. The van der Waals surface area contributed by atoms with Crippen molar-refractivity contribution in [3.63, 3.8) is 0 Å². The molecule has 0 unspecified atom stereocenters. The number of aromatic carboxylic acids is 1. The maximum atomic E-state index is 11.0. The van der Waals surface area contributed by atoms with Crippen molar-refractivity contribution in [2.24, 2.45) is 16.5 Å². The molecule has 1 rings (SSSR count). The quantitative estimate of drug-likeness (QED) is 0.376. The molecule has 16 heavy (non-hydrogen) atoms. The Bertz CT molecular complexity index is 486. The lowest BCUT2D eigenvalue weighted by molar-refractivity contribution is 0.0696. The van der Waals surface area contributed by atoms with E-state index in [1.54, 1.807) is 6.07 Å². The Kier molecular flexibility index (Phi) is 3.64. The third kappa shape index (κ3) is 2.38. The van der Waals surface area contributed by atoms with Crippen molar-refractivity contribution in [2.75, 3.05) is 6.67 Å². The van der Waals surface area contributed by atoms with Crippen molar-refractivity contribution in [3.8, 4) is 12.3 Å². The number of nitrogens with zero attached hydrogens (tertiary/aromatic N) is 1. The maximum Gasteiger partial charge on any atom is 0.336 e. The van der Waals surface area contributed by atoms with Gasteiger partial charge in [0.2, 0.25) is 0 Å². The molecular weight excluding hydrogens is 206 g/mol. The molecule has 0 aliphatic carbocycles. The highest BCUT2D eigenvalue weighted by Crippen LogP contribution is 2.11. The van der Waals surface area contributed by atoms with Crippen LogP contribution in [0.2, 0.25) is 0 Å². The average Bonchev–Trinajstić information content (AvgIpc) is 2.28. The first-order chi connectivity index (χ1) is 7.60. The van der Waals surface area contributed by atoms with Crippen molar-refractivity contribution < 1.29 is 9.90 Å². The van der Waals surface area contributed by atoms with Gasteiger partial charge in [0.1, 0.15) is 5.84 Å². The monoisotopic (exact) mass is 217 g/mol. The number of nitrogens with two attached hydrogens (primary N) is 2. The summed E-state index contributed by atoms with van der Waals surface area (Å²) in [6.07, 6.45) is 5.18. The SMILES string of the molecule is C#Cc1ccc(C(N)=NCN)c(C(=O)O)c1. The van der Waals surface area contributed by atoms with Crippen LogP contribution in [0, 0.1) is 12.3 Å². The van der Waals surface area contributed by atoms with E-state index in [1.807, 2.05) is 0 Å². The number of rotatable bonds is 3. The highest BCUT2D eigenvalue weighted by atomic mass is 16.4. The summed E-state index contributed by atoms with van der Waals surface area (Å²) >= 11 is 0. The second-order valence-corrected chi connectivity index (χ2v) is 2.94. The summed E-state index contributed by atoms with van der Waals surface area (Å²) in [6, 6.07) is 4.49. The molecular formula is C11H11N3O2. The Morgan fingerprint density at radius 2 is 2.19 bits per heavy atom. The van der Waals surface area contributed by atoms with Gasteiger partial charge in [0, 0.05) is 11.1 Å². The van der Waals surface area contributed by atoms with Crippen molar-refractivity contribution in [3.05, 3.63) is 34.9 Å². The molecule has 1 aromatic rings. The van der Waals surface area contributed by atoms with Gasteiger partial charge in [0.15, 0.2) is 0 Å². The van der Waals surface area contributed by atoms with Crippen LogP contribution in [0.25, 0.3) is 0 Å². The maximum absolute atomic E-state index is 11.0. The first-order valence-corrected chi connectivity index (χ1v) is 4.44. The number of hydrogen-bond donors (Lipinski definition) is 3. The Balaban J connectivity index is 3.35. The minimum absolute atomic E-state index is 0.00177. The number of carboxylic acid groups (broad SMARTS) is 1. The van der Waals surface area contributed by atoms with Gasteiger partial charge in [0.25, 0.3) is 0 Å². The van der Waals surface area contributed by atoms with E-state index in [2.05, 4.69) is 10.9 Å². The minimum Gasteiger partial charge on any atom is -0.478 e. The van der Waals surface area contributed by atoms with Gasteiger partial charge < -0.3 is 16.6 Å². The van der Waals surface area contributed by atoms with Crippen molar-refractivity contribution in [1.82, 2.24) is 0 Å². The number of carboxylic acids is 1. The summed E-state index contributed by atoms with van der Waals surface area (Å²) in [5.41, 5.74) is 11.6. The van der Waals surface area contributed by atoms with Crippen molar-refractivity contribution >= 4 is 11.8 Å². The molecule has 0 saturated heterocycles. The van der Waals surface area contributed by atoms with E-state index in [-0.39, 0.29) is 18.1 Å². The number of amidine groups is 1. The molecule has 0 aliphatic rings. The van der Waals surface area contributed by atoms with Crippen molar-refractivity contribution in [1.29, 1.82) is 0 Å². The van der Waals surface area contributed by atoms with Gasteiger partial charge in [-0.25, -0.2) is 4.79 Å². The third-order valence-electron chi connectivity index (χ3n) is 1.95. The van der Waals surface area contributed by atoms with E-state index in [0.717, 1.165) is 0 Å². The molecule has 1 aromatic carbocycles. The van der Waals surface area contributed by atoms with Crippen molar-refractivity contribution in [2.45, 2.75) is 0 Å².